The number of rotatable bonds is 4. The number of pyridine rings is 1. The predicted molar refractivity (Wildman–Crippen MR) is 72.3 cm³/mol. The van der Waals surface area contributed by atoms with Gasteiger partial charge in [-0.1, -0.05) is 17.7 Å². The van der Waals surface area contributed by atoms with Crippen LogP contribution in [0.25, 0.3) is 0 Å². The molecular weight excluding hydrogens is 275 g/mol. The Bertz CT molecular complexity index is 392. The number of hydrogen-bond acceptors (Lipinski definition) is 3. The summed E-state index contributed by atoms with van der Waals surface area (Å²) >= 11 is 5.70. The van der Waals surface area contributed by atoms with E-state index in [0.29, 0.717) is 11.6 Å². The van der Waals surface area contributed by atoms with Crippen LogP contribution in [0.1, 0.15) is 12.0 Å². The van der Waals surface area contributed by atoms with Gasteiger partial charge in [-0.3, -0.25) is 4.79 Å². The first-order valence-electron chi connectivity index (χ1n) is 5.71. The number of halogens is 2. The molecule has 2 atom stereocenters. The maximum atomic E-state index is 11.3. The van der Waals surface area contributed by atoms with Crippen LogP contribution < -0.4 is 5.32 Å². The van der Waals surface area contributed by atoms with Crippen LogP contribution in [0, 0.1) is 11.8 Å². The summed E-state index contributed by atoms with van der Waals surface area (Å²) in [7, 11) is 0. The van der Waals surface area contributed by atoms with E-state index in [-0.39, 0.29) is 24.2 Å². The molecule has 0 amide bonds. The molecule has 0 aromatic carbocycles. The molecule has 1 aromatic heterocycles. The zero-order valence-electron chi connectivity index (χ0n) is 9.80. The third-order valence-corrected chi connectivity index (χ3v) is 3.45. The standard InChI is InChI=1S/C12H15ClN2O2.ClH/c13-11-2-1-8(6-15-11)5-10(12(16)17)9-3-4-14-7-9;/h1-2,6,9-10,14H,3-5,7H2,(H,16,17);1H/t9-,10?;/m0./s1. The Balaban J connectivity index is 0.00000162. The van der Waals surface area contributed by atoms with Gasteiger partial charge in [-0.05, 0) is 43.5 Å². The van der Waals surface area contributed by atoms with Crippen molar-refractivity contribution in [2.75, 3.05) is 13.1 Å². The summed E-state index contributed by atoms with van der Waals surface area (Å²) in [5.74, 6) is -0.857. The van der Waals surface area contributed by atoms with Gasteiger partial charge >= 0.3 is 5.97 Å². The van der Waals surface area contributed by atoms with Crippen molar-refractivity contribution in [3.8, 4) is 0 Å². The summed E-state index contributed by atoms with van der Waals surface area (Å²) in [5.41, 5.74) is 0.925. The van der Waals surface area contributed by atoms with E-state index in [1.165, 1.54) is 0 Å². The van der Waals surface area contributed by atoms with Crippen molar-refractivity contribution in [3.05, 3.63) is 29.0 Å². The van der Waals surface area contributed by atoms with E-state index in [1.54, 1.807) is 12.3 Å². The smallest absolute Gasteiger partial charge is 0.307 e. The molecule has 18 heavy (non-hydrogen) atoms. The first kappa shape index (κ1) is 15.2. The van der Waals surface area contributed by atoms with Gasteiger partial charge in [0.05, 0.1) is 5.92 Å². The summed E-state index contributed by atoms with van der Waals surface area (Å²) < 4.78 is 0. The molecule has 0 bridgehead atoms. The third-order valence-electron chi connectivity index (χ3n) is 3.23. The first-order valence-corrected chi connectivity index (χ1v) is 6.08. The maximum Gasteiger partial charge on any atom is 0.307 e. The maximum absolute atomic E-state index is 11.3. The molecule has 1 fully saturated rings. The number of carboxylic acids is 1. The molecule has 0 aliphatic carbocycles. The fourth-order valence-corrected chi connectivity index (χ4v) is 2.37. The monoisotopic (exact) mass is 290 g/mol. The first-order chi connectivity index (χ1) is 8.16. The van der Waals surface area contributed by atoms with Crippen molar-refractivity contribution in [1.29, 1.82) is 0 Å². The highest BCUT2D eigenvalue weighted by Crippen LogP contribution is 2.23. The van der Waals surface area contributed by atoms with Gasteiger partial charge < -0.3 is 10.4 Å². The summed E-state index contributed by atoms with van der Waals surface area (Å²) in [6.07, 6.45) is 3.10. The Kier molecular flexibility index (Phi) is 5.85. The molecule has 0 spiro atoms. The quantitative estimate of drug-likeness (QED) is 0.833. The van der Waals surface area contributed by atoms with Crippen LogP contribution in [0.4, 0.5) is 0 Å². The van der Waals surface area contributed by atoms with Crippen molar-refractivity contribution >= 4 is 30.0 Å². The molecule has 0 saturated carbocycles. The Labute approximate surface area is 117 Å². The summed E-state index contributed by atoms with van der Waals surface area (Å²) in [4.78, 5) is 15.3. The number of aliphatic carboxylic acids is 1. The number of hydrogen-bond donors (Lipinski definition) is 2. The molecule has 100 valence electrons. The van der Waals surface area contributed by atoms with Gasteiger partial charge in [-0.25, -0.2) is 4.98 Å². The van der Waals surface area contributed by atoms with Crippen molar-refractivity contribution < 1.29 is 9.90 Å². The van der Waals surface area contributed by atoms with Gasteiger partial charge in [0.1, 0.15) is 5.15 Å². The van der Waals surface area contributed by atoms with Gasteiger partial charge in [0, 0.05) is 6.20 Å². The van der Waals surface area contributed by atoms with Gasteiger partial charge in [0.25, 0.3) is 0 Å². The minimum atomic E-state index is -0.728. The van der Waals surface area contributed by atoms with Gasteiger partial charge in [0.2, 0.25) is 0 Å². The average Bonchev–Trinajstić information content (AvgIpc) is 2.81. The van der Waals surface area contributed by atoms with E-state index in [4.69, 9.17) is 11.6 Å². The molecule has 2 N–H and O–H groups in total. The topological polar surface area (TPSA) is 62.2 Å². The molecule has 1 unspecified atom stereocenters. The summed E-state index contributed by atoms with van der Waals surface area (Å²) in [6.45, 7) is 1.70. The number of nitrogens with zero attached hydrogens (tertiary/aromatic N) is 1. The highest BCUT2D eigenvalue weighted by atomic mass is 35.5. The molecule has 2 rings (SSSR count). The Morgan fingerprint density at radius 2 is 2.39 bits per heavy atom. The highest BCUT2D eigenvalue weighted by Gasteiger charge is 2.30. The fourth-order valence-electron chi connectivity index (χ4n) is 2.26. The molecule has 1 aliphatic rings. The van der Waals surface area contributed by atoms with E-state index in [2.05, 4.69) is 10.3 Å². The van der Waals surface area contributed by atoms with Crippen LogP contribution in [0.3, 0.4) is 0 Å². The van der Waals surface area contributed by atoms with Crippen LogP contribution in [-0.2, 0) is 11.2 Å². The Morgan fingerprint density at radius 3 is 2.89 bits per heavy atom. The second-order valence-corrected chi connectivity index (χ2v) is 4.78. The van der Waals surface area contributed by atoms with Crippen LogP contribution in [0.2, 0.25) is 5.15 Å². The highest BCUT2D eigenvalue weighted by molar-refractivity contribution is 6.29. The molecule has 0 radical (unpaired) electrons. The van der Waals surface area contributed by atoms with Gasteiger partial charge in [0.15, 0.2) is 0 Å². The van der Waals surface area contributed by atoms with E-state index in [1.807, 2.05) is 6.07 Å². The second-order valence-electron chi connectivity index (χ2n) is 4.39. The molecular formula is C12H16Cl2N2O2. The minimum absolute atomic E-state index is 0. The SMILES string of the molecule is Cl.O=C(O)C(Cc1ccc(Cl)nc1)[C@H]1CCNC1. The van der Waals surface area contributed by atoms with Crippen LogP contribution in [-0.4, -0.2) is 29.1 Å². The molecule has 1 aliphatic heterocycles. The van der Waals surface area contributed by atoms with Crippen LogP contribution >= 0.6 is 24.0 Å². The Morgan fingerprint density at radius 1 is 1.61 bits per heavy atom. The largest absolute Gasteiger partial charge is 0.481 e. The second kappa shape index (κ2) is 6.92. The molecule has 1 saturated heterocycles. The zero-order valence-corrected chi connectivity index (χ0v) is 11.4. The Hall–Kier alpha value is -0.840. The minimum Gasteiger partial charge on any atom is -0.481 e. The summed E-state index contributed by atoms with van der Waals surface area (Å²) in [6, 6.07) is 3.54. The number of carboxylic acid groups (broad SMARTS) is 1. The predicted octanol–water partition coefficient (Wildman–Crippen LogP) is 2.01. The fraction of sp³-hybridized carbons (Fsp3) is 0.500. The van der Waals surface area contributed by atoms with Crippen molar-refractivity contribution in [3.63, 3.8) is 0 Å². The zero-order chi connectivity index (χ0) is 12.3. The third kappa shape index (κ3) is 3.83. The molecule has 4 nitrogen and oxygen atoms in total. The molecule has 6 heteroatoms. The van der Waals surface area contributed by atoms with Crippen molar-refractivity contribution in [2.45, 2.75) is 12.8 Å². The van der Waals surface area contributed by atoms with Gasteiger partial charge in [-0.2, -0.15) is 0 Å². The van der Waals surface area contributed by atoms with E-state index >= 15 is 0 Å². The van der Waals surface area contributed by atoms with Crippen LogP contribution in [0.15, 0.2) is 18.3 Å². The molecule has 1 aromatic rings. The number of nitrogens with one attached hydrogen (secondary N) is 1. The number of aromatic nitrogens is 1. The van der Waals surface area contributed by atoms with Crippen molar-refractivity contribution in [1.82, 2.24) is 10.3 Å². The number of carbonyl (C=O) groups is 1. The molecule has 2 heterocycles. The normalized spacial score (nSPS) is 20.2. The van der Waals surface area contributed by atoms with E-state index in [0.717, 1.165) is 25.1 Å². The lowest BCUT2D eigenvalue weighted by Crippen LogP contribution is -2.27. The van der Waals surface area contributed by atoms with E-state index < -0.39 is 5.97 Å². The van der Waals surface area contributed by atoms with Crippen molar-refractivity contribution in [2.24, 2.45) is 11.8 Å². The van der Waals surface area contributed by atoms with E-state index in [9.17, 15) is 9.90 Å². The average molecular weight is 291 g/mol. The van der Waals surface area contributed by atoms with Crippen LogP contribution in [0.5, 0.6) is 0 Å². The summed E-state index contributed by atoms with van der Waals surface area (Å²) in [5, 5.41) is 12.9. The lowest BCUT2D eigenvalue weighted by molar-refractivity contribution is -0.143. The lowest BCUT2D eigenvalue weighted by Gasteiger charge is -2.18. The lowest BCUT2D eigenvalue weighted by atomic mass is 9.86. The van der Waals surface area contributed by atoms with Gasteiger partial charge in [-0.15, -0.1) is 12.4 Å².